The lowest BCUT2D eigenvalue weighted by Crippen LogP contribution is -2.20. The number of aryl methyl sites for hydroxylation is 2. The molecule has 0 atom stereocenters. The zero-order valence-corrected chi connectivity index (χ0v) is 28.5. The number of nitrogens with zero attached hydrogens (tertiary/aromatic N) is 4. The second-order valence-electron chi connectivity index (χ2n) is 12.8. The molecule has 0 spiro atoms. The van der Waals surface area contributed by atoms with Gasteiger partial charge in [0.05, 0.1) is 0 Å². The number of nitrogens with one attached hydrogen (secondary N) is 2. The molecule has 47 heavy (non-hydrogen) atoms. The summed E-state index contributed by atoms with van der Waals surface area (Å²) in [6.07, 6.45) is 9.63. The van der Waals surface area contributed by atoms with Crippen LogP contribution in [0.3, 0.4) is 0 Å². The summed E-state index contributed by atoms with van der Waals surface area (Å²) in [6, 6.07) is 16.0. The van der Waals surface area contributed by atoms with E-state index in [2.05, 4.69) is 68.5 Å². The summed E-state index contributed by atoms with van der Waals surface area (Å²) in [7, 11) is 1.93. The molecule has 2 aromatic carbocycles. The highest BCUT2D eigenvalue weighted by molar-refractivity contribution is 6.04. The molecular weight excluding hydrogens is 584 g/mol. The van der Waals surface area contributed by atoms with Crippen molar-refractivity contribution in [1.29, 1.82) is 0 Å². The summed E-state index contributed by atoms with van der Waals surface area (Å²) >= 11 is 0. The number of aldehydes is 1. The van der Waals surface area contributed by atoms with Crippen molar-refractivity contribution in [3.05, 3.63) is 106 Å². The maximum Gasteiger partial charge on any atom is 0.274 e. The van der Waals surface area contributed by atoms with Gasteiger partial charge in [0.25, 0.3) is 5.91 Å². The minimum absolute atomic E-state index is 0.179. The van der Waals surface area contributed by atoms with Crippen molar-refractivity contribution in [3.8, 4) is 11.1 Å². The number of likely N-dealkylation sites (tertiary alicyclic amines) is 2. The molecule has 2 aromatic heterocycles. The fraction of sp³-hybridized carbons (Fsp3) is 0.385. The number of anilines is 2. The van der Waals surface area contributed by atoms with Gasteiger partial charge in [0, 0.05) is 43.9 Å². The van der Waals surface area contributed by atoms with Crippen LogP contribution in [-0.4, -0.2) is 65.2 Å². The summed E-state index contributed by atoms with van der Waals surface area (Å²) in [5.41, 5.74) is 12.1. The number of aromatic nitrogens is 2. The normalized spacial score (nSPS) is 14.8. The summed E-state index contributed by atoms with van der Waals surface area (Å²) in [5.74, 6) is -0.179. The molecule has 246 valence electrons. The zero-order chi connectivity index (χ0) is 33.3. The standard InChI is InChI=1S/C27H32N4O.C12H16N2O/c1-18-15-26(29-16-21(18)17-31-13-5-6-14-31)27(32)30-25-12-8-10-23(20(25)3)22-9-7-11-24(28-4)19(22)2;1-10-6-12(9-15)13-7-11(10)8-14-4-2-3-5-14/h7-12,15-16,28H,5-6,13-14,17H2,1-4H3,(H,30,32);6-7,9H,2-5,8H2,1H3. The molecule has 8 heteroatoms. The molecule has 8 nitrogen and oxygen atoms in total. The Balaban J connectivity index is 0.000000241. The number of rotatable bonds is 9. The molecule has 0 unspecified atom stereocenters. The van der Waals surface area contributed by atoms with Gasteiger partial charge in [-0.2, -0.15) is 0 Å². The Hall–Kier alpha value is -4.40. The van der Waals surface area contributed by atoms with Crippen molar-refractivity contribution >= 4 is 23.6 Å². The van der Waals surface area contributed by atoms with E-state index in [0.717, 1.165) is 66.1 Å². The Morgan fingerprint density at radius 1 is 0.745 bits per heavy atom. The maximum absolute atomic E-state index is 13.0. The van der Waals surface area contributed by atoms with Crippen LogP contribution in [0.2, 0.25) is 0 Å². The number of pyridine rings is 2. The number of hydrogen-bond acceptors (Lipinski definition) is 7. The van der Waals surface area contributed by atoms with Gasteiger partial charge >= 0.3 is 0 Å². The first-order chi connectivity index (χ1) is 22.8. The zero-order valence-electron chi connectivity index (χ0n) is 28.5. The average Bonchev–Trinajstić information content (AvgIpc) is 3.79. The van der Waals surface area contributed by atoms with Crippen molar-refractivity contribution in [3.63, 3.8) is 0 Å². The van der Waals surface area contributed by atoms with Gasteiger partial charge in [-0.3, -0.25) is 29.4 Å². The SMILES string of the molecule is CNc1cccc(-c2cccc(NC(=O)c3cc(C)c(CN4CCCC4)cn3)c2C)c1C.Cc1cc(C=O)ncc1CN1CCCC1. The third-order valence-corrected chi connectivity index (χ3v) is 9.47. The number of benzene rings is 2. The van der Waals surface area contributed by atoms with E-state index in [1.54, 1.807) is 0 Å². The van der Waals surface area contributed by atoms with Gasteiger partial charge in [-0.1, -0.05) is 24.3 Å². The molecule has 6 rings (SSSR count). The molecule has 4 heterocycles. The van der Waals surface area contributed by atoms with Gasteiger partial charge in [0.2, 0.25) is 0 Å². The van der Waals surface area contributed by atoms with Gasteiger partial charge in [-0.05, 0) is 148 Å². The van der Waals surface area contributed by atoms with E-state index in [1.807, 2.05) is 57.6 Å². The lowest BCUT2D eigenvalue weighted by Gasteiger charge is -2.17. The van der Waals surface area contributed by atoms with Gasteiger partial charge in [-0.15, -0.1) is 0 Å². The molecule has 4 aromatic rings. The van der Waals surface area contributed by atoms with E-state index < -0.39 is 0 Å². The lowest BCUT2D eigenvalue weighted by atomic mass is 9.94. The lowest BCUT2D eigenvalue weighted by molar-refractivity contribution is 0.102. The second-order valence-corrected chi connectivity index (χ2v) is 12.8. The quantitative estimate of drug-likeness (QED) is 0.186. The number of carbonyl (C=O) groups excluding carboxylic acids is 2. The molecule has 2 aliphatic rings. The highest BCUT2D eigenvalue weighted by atomic mass is 16.1. The van der Waals surface area contributed by atoms with Gasteiger partial charge in [0.15, 0.2) is 6.29 Å². The van der Waals surface area contributed by atoms with Gasteiger partial charge in [-0.25, -0.2) is 0 Å². The third-order valence-electron chi connectivity index (χ3n) is 9.47. The van der Waals surface area contributed by atoms with Crippen LogP contribution in [0.4, 0.5) is 11.4 Å². The molecule has 0 aliphatic carbocycles. The predicted octanol–water partition coefficient (Wildman–Crippen LogP) is 7.36. The monoisotopic (exact) mass is 632 g/mol. The summed E-state index contributed by atoms with van der Waals surface area (Å²) in [4.78, 5) is 37.0. The van der Waals surface area contributed by atoms with Crippen molar-refractivity contribution in [2.75, 3.05) is 43.9 Å². The highest BCUT2D eigenvalue weighted by Crippen LogP contribution is 2.33. The summed E-state index contributed by atoms with van der Waals surface area (Å²) in [5, 5.41) is 6.32. The van der Waals surface area contributed by atoms with E-state index in [9.17, 15) is 9.59 Å². The summed E-state index contributed by atoms with van der Waals surface area (Å²) < 4.78 is 0. The number of hydrogen-bond donors (Lipinski definition) is 2. The first-order valence-electron chi connectivity index (χ1n) is 16.8. The summed E-state index contributed by atoms with van der Waals surface area (Å²) in [6.45, 7) is 14.8. The van der Waals surface area contributed by atoms with E-state index in [0.29, 0.717) is 11.4 Å². The number of carbonyl (C=O) groups is 2. The molecule has 2 fully saturated rings. The van der Waals surface area contributed by atoms with Gasteiger partial charge < -0.3 is 10.6 Å². The Bertz CT molecular complexity index is 1710. The molecule has 1 amide bonds. The van der Waals surface area contributed by atoms with Crippen LogP contribution in [0, 0.1) is 27.7 Å². The van der Waals surface area contributed by atoms with Crippen LogP contribution in [0.5, 0.6) is 0 Å². The number of amides is 1. The highest BCUT2D eigenvalue weighted by Gasteiger charge is 2.17. The molecule has 2 N–H and O–H groups in total. The van der Waals surface area contributed by atoms with E-state index in [1.165, 1.54) is 61.0 Å². The first-order valence-corrected chi connectivity index (χ1v) is 16.8. The van der Waals surface area contributed by atoms with Crippen LogP contribution in [0.1, 0.15) is 80.0 Å². The molecular formula is C39H48N6O2. The van der Waals surface area contributed by atoms with Crippen LogP contribution >= 0.6 is 0 Å². The van der Waals surface area contributed by atoms with Crippen molar-refractivity contribution in [2.24, 2.45) is 0 Å². The minimum atomic E-state index is -0.179. The van der Waals surface area contributed by atoms with Crippen molar-refractivity contribution in [1.82, 2.24) is 19.8 Å². The molecule has 2 saturated heterocycles. The van der Waals surface area contributed by atoms with Crippen LogP contribution in [0.15, 0.2) is 60.9 Å². The maximum atomic E-state index is 13.0. The fourth-order valence-electron chi connectivity index (χ4n) is 6.52. The molecule has 0 bridgehead atoms. The largest absolute Gasteiger partial charge is 0.388 e. The van der Waals surface area contributed by atoms with Crippen LogP contribution < -0.4 is 10.6 Å². The third kappa shape index (κ3) is 8.50. The van der Waals surface area contributed by atoms with Crippen LogP contribution in [0.25, 0.3) is 11.1 Å². The fourth-order valence-corrected chi connectivity index (χ4v) is 6.52. The van der Waals surface area contributed by atoms with Crippen molar-refractivity contribution < 1.29 is 9.59 Å². The Morgan fingerprint density at radius 2 is 1.26 bits per heavy atom. The Morgan fingerprint density at radius 3 is 1.77 bits per heavy atom. The first kappa shape index (κ1) is 33.9. The van der Waals surface area contributed by atoms with E-state index in [4.69, 9.17) is 0 Å². The Labute approximate surface area is 279 Å². The molecule has 2 aliphatic heterocycles. The van der Waals surface area contributed by atoms with Gasteiger partial charge in [0.1, 0.15) is 11.4 Å². The van der Waals surface area contributed by atoms with Crippen LogP contribution in [-0.2, 0) is 13.1 Å². The molecule has 0 radical (unpaired) electrons. The minimum Gasteiger partial charge on any atom is -0.388 e. The smallest absolute Gasteiger partial charge is 0.274 e. The predicted molar refractivity (Wildman–Crippen MR) is 191 cm³/mol. The topological polar surface area (TPSA) is 90.5 Å². The van der Waals surface area contributed by atoms with E-state index >= 15 is 0 Å². The average molecular weight is 633 g/mol. The molecule has 0 saturated carbocycles. The van der Waals surface area contributed by atoms with E-state index in [-0.39, 0.29) is 5.91 Å². The van der Waals surface area contributed by atoms with Crippen molar-refractivity contribution in [2.45, 2.75) is 66.5 Å². The second kappa shape index (κ2) is 15.9. The Kier molecular flexibility index (Phi) is 11.5.